The third-order valence-corrected chi connectivity index (χ3v) is 7.67. The number of H-pyrrole nitrogens is 2. The lowest BCUT2D eigenvalue weighted by atomic mass is 9.73. The summed E-state index contributed by atoms with van der Waals surface area (Å²) in [4.78, 5) is 16.2. The molecule has 8 heteroatoms. The molecule has 5 rings (SSSR count). The van der Waals surface area contributed by atoms with E-state index in [1.807, 2.05) is 18.3 Å². The van der Waals surface area contributed by atoms with Crippen LogP contribution in [0.2, 0.25) is 0 Å². The van der Waals surface area contributed by atoms with Crippen molar-refractivity contribution in [3.8, 4) is 11.4 Å². The van der Waals surface area contributed by atoms with Gasteiger partial charge in [0, 0.05) is 28.1 Å². The highest BCUT2D eigenvalue weighted by Crippen LogP contribution is 2.45. The zero-order valence-corrected chi connectivity index (χ0v) is 16.6. The molecule has 0 radical (unpaired) electrons. The number of aromatic nitrogens is 3. The average molecular weight is 398 g/mol. The van der Waals surface area contributed by atoms with Crippen LogP contribution in [0.5, 0.6) is 0 Å². The Morgan fingerprint density at radius 2 is 2.11 bits per heavy atom. The molecular weight excluding hydrogens is 376 g/mol. The van der Waals surface area contributed by atoms with E-state index in [4.69, 9.17) is 0 Å². The van der Waals surface area contributed by atoms with E-state index in [-0.39, 0.29) is 28.9 Å². The molecule has 1 amide bonds. The molecule has 7 nitrogen and oxygen atoms in total. The van der Waals surface area contributed by atoms with Crippen molar-refractivity contribution in [2.75, 3.05) is 11.5 Å². The fraction of sp³-hybridized carbons (Fsp3) is 0.400. The molecule has 3 N–H and O–H groups in total. The Kier molecular flexibility index (Phi) is 3.56. The molecule has 0 bridgehead atoms. The molecule has 3 aromatic rings. The number of hydrogen-bond donors (Lipinski definition) is 3. The molecule has 146 valence electrons. The first-order chi connectivity index (χ1) is 13.2. The van der Waals surface area contributed by atoms with Gasteiger partial charge in [-0.1, -0.05) is 13.8 Å². The second-order valence-electron chi connectivity index (χ2n) is 8.54. The minimum Gasteiger partial charge on any atom is -0.353 e. The van der Waals surface area contributed by atoms with Gasteiger partial charge in [0.1, 0.15) is 0 Å². The third-order valence-electron chi connectivity index (χ3n) is 5.91. The highest BCUT2D eigenvalue weighted by Gasteiger charge is 2.35. The normalized spacial score (nSPS) is 22.0. The maximum absolute atomic E-state index is 12.7. The maximum atomic E-state index is 12.7. The van der Waals surface area contributed by atoms with Gasteiger partial charge in [-0.05, 0) is 42.0 Å². The molecular formula is C20H22N4O3S. The lowest BCUT2D eigenvalue weighted by Gasteiger charge is -2.30. The zero-order chi connectivity index (χ0) is 19.7. The Bertz CT molecular complexity index is 1220. The van der Waals surface area contributed by atoms with Crippen molar-refractivity contribution >= 4 is 26.6 Å². The van der Waals surface area contributed by atoms with Crippen LogP contribution in [-0.2, 0) is 21.7 Å². The molecule has 2 aliphatic rings. The van der Waals surface area contributed by atoms with E-state index in [0.29, 0.717) is 12.0 Å². The fourth-order valence-electron chi connectivity index (χ4n) is 4.63. The highest BCUT2D eigenvalue weighted by molar-refractivity contribution is 7.91. The van der Waals surface area contributed by atoms with E-state index in [1.165, 1.54) is 11.1 Å². The number of carbonyl (C=O) groups excluding carboxylic acids is 1. The summed E-state index contributed by atoms with van der Waals surface area (Å²) in [6.07, 6.45) is 3.22. The predicted molar refractivity (Wildman–Crippen MR) is 107 cm³/mol. The van der Waals surface area contributed by atoms with E-state index in [1.54, 1.807) is 6.07 Å². The quantitative estimate of drug-likeness (QED) is 0.616. The van der Waals surface area contributed by atoms with Crippen LogP contribution in [0.4, 0.5) is 0 Å². The smallest absolute Gasteiger partial charge is 0.251 e. The standard InChI is InChI=1S/C20H22N4O3S/c1-20(2)8-12-9-21-24-17(12)18-16(20)14-7-11(3-4-15(14)23-18)19(25)22-13-5-6-28(26,27)10-13/h3-4,7,9,13,23H,5-6,8,10H2,1-2H3,(H,21,24)(H,22,25). The van der Waals surface area contributed by atoms with Crippen molar-refractivity contribution in [1.29, 1.82) is 0 Å². The van der Waals surface area contributed by atoms with Crippen LogP contribution >= 0.6 is 0 Å². The molecule has 2 aromatic heterocycles. The van der Waals surface area contributed by atoms with Gasteiger partial charge in [0.05, 0.1) is 29.1 Å². The van der Waals surface area contributed by atoms with Gasteiger partial charge in [-0.25, -0.2) is 8.42 Å². The zero-order valence-electron chi connectivity index (χ0n) is 15.8. The van der Waals surface area contributed by atoms with E-state index in [9.17, 15) is 13.2 Å². The van der Waals surface area contributed by atoms with Gasteiger partial charge in [0.25, 0.3) is 5.91 Å². The molecule has 0 spiro atoms. The van der Waals surface area contributed by atoms with Crippen molar-refractivity contribution in [2.45, 2.75) is 38.1 Å². The Hall–Kier alpha value is -2.61. The Morgan fingerprint density at radius 1 is 1.29 bits per heavy atom. The number of rotatable bonds is 2. The number of nitrogens with one attached hydrogen (secondary N) is 3. The minimum atomic E-state index is -3.03. The van der Waals surface area contributed by atoms with Gasteiger partial charge < -0.3 is 10.3 Å². The second-order valence-corrected chi connectivity index (χ2v) is 10.8. The molecule has 1 aliphatic heterocycles. The van der Waals surface area contributed by atoms with Crippen molar-refractivity contribution in [2.24, 2.45) is 0 Å². The predicted octanol–water partition coefficient (Wildman–Crippen LogP) is 2.31. The van der Waals surface area contributed by atoms with Crippen LogP contribution in [0.15, 0.2) is 24.4 Å². The summed E-state index contributed by atoms with van der Waals surface area (Å²) in [5.41, 5.74) is 5.82. The molecule has 1 saturated heterocycles. The lowest BCUT2D eigenvalue weighted by molar-refractivity contribution is 0.0941. The second kappa shape index (κ2) is 5.70. The van der Waals surface area contributed by atoms with E-state index < -0.39 is 9.84 Å². The van der Waals surface area contributed by atoms with Crippen LogP contribution < -0.4 is 5.32 Å². The number of fused-ring (bicyclic) bond motifs is 5. The summed E-state index contributed by atoms with van der Waals surface area (Å²) in [7, 11) is -3.03. The van der Waals surface area contributed by atoms with Gasteiger partial charge in [-0.2, -0.15) is 5.10 Å². The van der Waals surface area contributed by atoms with Crippen molar-refractivity contribution in [1.82, 2.24) is 20.5 Å². The number of aromatic amines is 2. The van der Waals surface area contributed by atoms with Gasteiger partial charge in [-0.15, -0.1) is 0 Å². The number of nitrogens with zero attached hydrogens (tertiary/aromatic N) is 1. The summed E-state index contributed by atoms with van der Waals surface area (Å²) in [5.74, 6) is -0.0612. The largest absolute Gasteiger partial charge is 0.353 e. The SMILES string of the molecule is CC1(C)Cc2cn[nH]c2-c2[nH]c3ccc(C(=O)NC4CCS(=O)(=O)C4)cc3c21. The molecule has 0 saturated carbocycles. The first kappa shape index (κ1) is 17.5. The number of benzene rings is 1. The fourth-order valence-corrected chi connectivity index (χ4v) is 6.30. The van der Waals surface area contributed by atoms with Gasteiger partial charge in [0.15, 0.2) is 9.84 Å². The first-order valence-corrected chi connectivity index (χ1v) is 11.3. The van der Waals surface area contributed by atoms with Gasteiger partial charge in [0.2, 0.25) is 0 Å². The molecule has 1 aromatic carbocycles. The lowest BCUT2D eigenvalue weighted by Crippen LogP contribution is -2.35. The maximum Gasteiger partial charge on any atom is 0.251 e. The molecule has 1 aliphatic carbocycles. The van der Waals surface area contributed by atoms with Crippen LogP contribution in [0.1, 0.15) is 41.8 Å². The van der Waals surface area contributed by atoms with E-state index in [0.717, 1.165) is 28.7 Å². The van der Waals surface area contributed by atoms with Gasteiger partial charge >= 0.3 is 0 Å². The average Bonchev–Trinajstić information content (AvgIpc) is 3.30. The third kappa shape index (κ3) is 2.66. The summed E-state index contributed by atoms with van der Waals surface area (Å²) in [5, 5.41) is 11.2. The van der Waals surface area contributed by atoms with E-state index >= 15 is 0 Å². The Morgan fingerprint density at radius 3 is 2.86 bits per heavy atom. The van der Waals surface area contributed by atoms with Gasteiger partial charge in [-0.3, -0.25) is 9.89 Å². The molecule has 1 unspecified atom stereocenters. The molecule has 1 atom stereocenters. The number of amides is 1. The van der Waals surface area contributed by atoms with Crippen LogP contribution in [0.3, 0.4) is 0 Å². The molecule has 1 fully saturated rings. The monoisotopic (exact) mass is 398 g/mol. The number of carbonyl (C=O) groups is 1. The number of hydrogen-bond acceptors (Lipinski definition) is 4. The first-order valence-electron chi connectivity index (χ1n) is 9.44. The summed E-state index contributed by atoms with van der Waals surface area (Å²) in [6.45, 7) is 4.40. The van der Waals surface area contributed by atoms with Crippen molar-refractivity contribution in [3.05, 3.63) is 41.1 Å². The number of sulfone groups is 1. The summed E-state index contributed by atoms with van der Waals surface area (Å²) >= 11 is 0. The van der Waals surface area contributed by atoms with Crippen LogP contribution in [0, 0.1) is 0 Å². The molecule has 28 heavy (non-hydrogen) atoms. The van der Waals surface area contributed by atoms with Crippen molar-refractivity contribution in [3.63, 3.8) is 0 Å². The minimum absolute atomic E-state index is 0.0240. The Balaban J connectivity index is 1.55. The summed E-state index contributed by atoms with van der Waals surface area (Å²) < 4.78 is 23.3. The summed E-state index contributed by atoms with van der Waals surface area (Å²) in [6, 6.07) is 5.30. The topological polar surface area (TPSA) is 108 Å². The Labute approximate surface area is 162 Å². The van der Waals surface area contributed by atoms with Crippen molar-refractivity contribution < 1.29 is 13.2 Å². The molecule has 3 heterocycles. The van der Waals surface area contributed by atoms with Crippen LogP contribution in [-0.4, -0.2) is 47.1 Å². The van der Waals surface area contributed by atoms with Crippen LogP contribution in [0.25, 0.3) is 22.3 Å². The highest BCUT2D eigenvalue weighted by atomic mass is 32.2. The van der Waals surface area contributed by atoms with E-state index in [2.05, 4.69) is 34.3 Å².